The van der Waals surface area contributed by atoms with Crippen molar-refractivity contribution in [2.45, 2.75) is 45.6 Å². The molecule has 23 heavy (non-hydrogen) atoms. The molecule has 0 aromatic heterocycles. The van der Waals surface area contributed by atoms with Gasteiger partial charge in [-0.1, -0.05) is 13.3 Å². The third kappa shape index (κ3) is 3.24. The highest BCUT2D eigenvalue weighted by Gasteiger charge is 2.39. The summed E-state index contributed by atoms with van der Waals surface area (Å²) < 4.78 is 0. The molecule has 1 amide bonds. The van der Waals surface area contributed by atoms with Crippen molar-refractivity contribution in [3.63, 3.8) is 0 Å². The highest BCUT2D eigenvalue weighted by atomic mass is 16.3. The summed E-state index contributed by atoms with van der Waals surface area (Å²) in [5, 5.41) is 19.1. The number of aliphatic hydroxyl groups is 1. The normalized spacial score (nSPS) is 27.2. The van der Waals surface area contributed by atoms with E-state index in [1.807, 2.05) is 43.1 Å². The summed E-state index contributed by atoms with van der Waals surface area (Å²) in [6.07, 6.45) is 3.93. The van der Waals surface area contributed by atoms with E-state index in [-0.39, 0.29) is 24.0 Å². The zero-order chi connectivity index (χ0) is 16.4. The van der Waals surface area contributed by atoms with Gasteiger partial charge in [-0.15, -0.1) is 0 Å². The number of nitrogens with one attached hydrogen (secondary N) is 1. The molecule has 1 fully saturated rings. The summed E-state index contributed by atoms with van der Waals surface area (Å²) in [6.45, 7) is 5.08. The minimum atomic E-state index is -0.197. The lowest BCUT2D eigenvalue weighted by molar-refractivity contribution is 0.0830. The van der Waals surface area contributed by atoms with Gasteiger partial charge in [0.15, 0.2) is 0 Å². The molecule has 3 rings (SSSR count). The quantitative estimate of drug-likeness (QED) is 0.897. The number of aliphatic hydroxyl groups excluding tert-OH is 1. The Morgan fingerprint density at radius 2 is 2.17 bits per heavy atom. The van der Waals surface area contributed by atoms with Gasteiger partial charge in [0.25, 0.3) is 5.91 Å². The highest BCUT2D eigenvalue weighted by Crippen LogP contribution is 2.37. The predicted octanol–water partition coefficient (Wildman–Crippen LogP) is 2.55. The number of rotatable bonds is 4. The summed E-state index contributed by atoms with van der Waals surface area (Å²) in [5.74, 6) is -0.0655. The van der Waals surface area contributed by atoms with Crippen molar-refractivity contribution >= 4 is 17.3 Å². The maximum absolute atomic E-state index is 12.5. The van der Waals surface area contributed by atoms with E-state index < -0.39 is 0 Å². The monoisotopic (exact) mass is 315 g/mol. The van der Waals surface area contributed by atoms with Crippen molar-refractivity contribution in [1.82, 2.24) is 5.32 Å². The molecule has 1 aliphatic heterocycles. The topological polar surface area (TPSA) is 64.9 Å². The molecule has 0 saturated heterocycles. The zero-order valence-corrected chi connectivity index (χ0v) is 13.9. The molecule has 1 aromatic rings. The lowest BCUT2D eigenvalue weighted by atomic mass is 9.85. The molecule has 0 spiro atoms. The van der Waals surface area contributed by atoms with Crippen LogP contribution in [0.3, 0.4) is 0 Å². The van der Waals surface area contributed by atoms with Crippen molar-refractivity contribution in [1.29, 1.82) is 0 Å². The van der Waals surface area contributed by atoms with Gasteiger partial charge in [0, 0.05) is 35.7 Å². The molecule has 0 radical (unpaired) electrons. The molecule has 5 nitrogen and oxygen atoms in total. The molecule has 2 unspecified atom stereocenters. The minimum absolute atomic E-state index is 0.0468. The van der Waals surface area contributed by atoms with E-state index >= 15 is 0 Å². The van der Waals surface area contributed by atoms with Crippen LogP contribution in [0.2, 0.25) is 0 Å². The molecule has 2 aliphatic rings. The summed E-state index contributed by atoms with van der Waals surface area (Å²) >= 11 is 0. The molecule has 2 atom stereocenters. The van der Waals surface area contributed by atoms with Crippen LogP contribution in [0.5, 0.6) is 0 Å². The van der Waals surface area contributed by atoms with Crippen LogP contribution in [-0.2, 0) is 0 Å². The maximum Gasteiger partial charge on any atom is 0.251 e. The van der Waals surface area contributed by atoms with Gasteiger partial charge in [-0.05, 0) is 44.0 Å². The third-order valence-electron chi connectivity index (χ3n) is 5.15. The van der Waals surface area contributed by atoms with Crippen molar-refractivity contribution in [3.05, 3.63) is 29.8 Å². The molecule has 2 N–H and O–H groups in total. The van der Waals surface area contributed by atoms with Crippen LogP contribution in [0.15, 0.2) is 29.4 Å². The lowest BCUT2D eigenvalue weighted by Crippen LogP contribution is -2.44. The van der Waals surface area contributed by atoms with E-state index in [1.54, 1.807) is 0 Å². The SMILES string of the molecule is CC1=NN(c2ccc(C(=O)NC3CCCC3(C)CO)cc2)CC1. The second-order valence-corrected chi connectivity index (χ2v) is 6.99. The van der Waals surface area contributed by atoms with E-state index in [9.17, 15) is 9.90 Å². The Morgan fingerprint density at radius 1 is 1.43 bits per heavy atom. The van der Waals surface area contributed by atoms with Gasteiger partial charge >= 0.3 is 0 Å². The first kappa shape index (κ1) is 16.0. The fourth-order valence-corrected chi connectivity index (χ4v) is 3.46. The minimum Gasteiger partial charge on any atom is -0.396 e. The Morgan fingerprint density at radius 3 is 2.78 bits per heavy atom. The van der Waals surface area contributed by atoms with E-state index in [2.05, 4.69) is 10.4 Å². The first-order chi connectivity index (χ1) is 11.0. The van der Waals surface area contributed by atoms with E-state index in [0.717, 1.165) is 43.6 Å². The maximum atomic E-state index is 12.5. The van der Waals surface area contributed by atoms with Gasteiger partial charge < -0.3 is 10.4 Å². The zero-order valence-electron chi connectivity index (χ0n) is 13.9. The lowest BCUT2D eigenvalue weighted by Gasteiger charge is -2.30. The fourth-order valence-electron chi connectivity index (χ4n) is 3.46. The van der Waals surface area contributed by atoms with E-state index in [4.69, 9.17) is 0 Å². The highest BCUT2D eigenvalue weighted by molar-refractivity contribution is 5.95. The Kier molecular flexibility index (Phi) is 4.39. The van der Waals surface area contributed by atoms with Gasteiger partial charge in [0.2, 0.25) is 0 Å². The number of hydrogen-bond donors (Lipinski definition) is 2. The molecule has 1 saturated carbocycles. The van der Waals surface area contributed by atoms with Crippen LogP contribution in [-0.4, -0.2) is 35.9 Å². The first-order valence-corrected chi connectivity index (χ1v) is 8.35. The Balaban J connectivity index is 1.66. The Hall–Kier alpha value is -1.88. The number of nitrogens with zero attached hydrogens (tertiary/aromatic N) is 2. The number of benzene rings is 1. The molecular weight excluding hydrogens is 290 g/mol. The Labute approximate surface area is 137 Å². The number of hydrazone groups is 1. The summed E-state index contributed by atoms with van der Waals surface area (Å²) in [4.78, 5) is 12.5. The molecule has 124 valence electrons. The van der Waals surface area contributed by atoms with Crippen molar-refractivity contribution in [2.75, 3.05) is 18.2 Å². The summed E-state index contributed by atoms with van der Waals surface area (Å²) in [5.41, 5.74) is 2.61. The van der Waals surface area contributed by atoms with Gasteiger partial charge in [-0.2, -0.15) is 5.10 Å². The smallest absolute Gasteiger partial charge is 0.251 e. The van der Waals surface area contributed by atoms with Crippen LogP contribution in [0.25, 0.3) is 0 Å². The van der Waals surface area contributed by atoms with E-state index in [0.29, 0.717) is 5.56 Å². The van der Waals surface area contributed by atoms with Gasteiger partial charge in [-0.3, -0.25) is 9.80 Å². The second-order valence-electron chi connectivity index (χ2n) is 6.99. The van der Waals surface area contributed by atoms with Crippen molar-refractivity contribution < 1.29 is 9.90 Å². The van der Waals surface area contributed by atoms with Gasteiger partial charge in [0.1, 0.15) is 0 Å². The van der Waals surface area contributed by atoms with Crippen LogP contribution < -0.4 is 10.3 Å². The number of amides is 1. The van der Waals surface area contributed by atoms with E-state index in [1.165, 1.54) is 0 Å². The van der Waals surface area contributed by atoms with Crippen LogP contribution in [0.1, 0.15) is 49.9 Å². The van der Waals surface area contributed by atoms with Crippen molar-refractivity contribution in [2.24, 2.45) is 10.5 Å². The average Bonchev–Trinajstić information content (AvgIpc) is 3.15. The predicted molar refractivity (Wildman–Crippen MR) is 91.8 cm³/mol. The molecule has 0 bridgehead atoms. The molecule has 1 aromatic carbocycles. The van der Waals surface area contributed by atoms with Gasteiger partial charge in [-0.25, -0.2) is 0 Å². The summed E-state index contributed by atoms with van der Waals surface area (Å²) in [6, 6.07) is 7.62. The van der Waals surface area contributed by atoms with Crippen LogP contribution >= 0.6 is 0 Å². The molecule has 1 heterocycles. The number of carbonyl (C=O) groups is 1. The Bertz CT molecular complexity index is 611. The van der Waals surface area contributed by atoms with Crippen molar-refractivity contribution in [3.8, 4) is 0 Å². The fraction of sp³-hybridized carbons (Fsp3) is 0.556. The van der Waals surface area contributed by atoms with Crippen LogP contribution in [0.4, 0.5) is 5.69 Å². The van der Waals surface area contributed by atoms with Gasteiger partial charge in [0.05, 0.1) is 12.3 Å². The van der Waals surface area contributed by atoms with Crippen LogP contribution in [0, 0.1) is 5.41 Å². The molecule has 1 aliphatic carbocycles. The molecule has 5 heteroatoms. The number of carbonyl (C=O) groups excluding carboxylic acids is 1. The number of hydrogen-bond acceptors (Lipinski definition) is 4. The largest absolute Gasteiger partial charge is 0.396 e. The average molecular weight is 315 g/mol. The standard InChI is InChI=1S/C18H25N3O2/c1-13-9-11-21(20-13)15-7-5-14(6-8-15)17(23)19-16-4-3-10-18(16,2)12-22/h5-8,16,22H,3-4,9-12H2,1-2H3,(H,19,23). The first-order valence-electron chi connectivity index (χ1n) is 8.35. The second kappa shape index (κ2) is 6.32. The third-order valence-corrected chi connectivity index (χ3v) is 5.15. The number of anilines is 1. The summed E-state index contributed by atoms with van der Waals surface area (Å²) in [7, 11) is 0. The molecular formula is C18H25N3O2.